The molecule has 0 saturated carbocycles. The average Bonchev–Trinajstić information content (AvgIpc) is 3.28. The number of amides is 1. The SMILES string of the molecule is CCC1(CC)OCC(C(CS(=O)(=O)c2ccc(Oc3ccc(OC(F)(F)F)cc3)cc2)N(O)C=O)O1. The van der Waals surface area contributed by atoms with E-state index in [4.69, 9.17) is 14.2 Å². The van der Waals surface area contributed by atoms with E-state index in [1.165, 1.54) is 36.4 Å². The fourth-order valence-corrected chi connectivity index (χ4v) is 5.26. The molecule has 1 amide bonds. The molecule has 36 heavy (non-hydrogen) atoms. The summed E-state index contributed by atoms with van der Waals surface area (Å²) in [7, 11) is -3.99. The van der Waals surface area contributed by atoms with Crippen molar-refractivity contribution in [2.45, 2.75) is 55.9 Å². The molecule has 2 unspecified atom stereocenters. The topological polar surface area (TPSA) is 112 Å². The van der Waals surface area contributed by atoms with Gasteiger partial charge in [0, 0.05) is 0 Å². The average molecular weight is 534 g/mol. The Morgan fingerprint density at radius 2 is 1.61 bits per heavy atom. The number of nitrogens with zero attached hydrogens (tertiary/aromatic N) is 1. The summed E-state index contributed by atoms with van der Waals surface area (Å²) in [5.74, 6) is -1.51. The van der Waals surface area contributed by atoms with Crippen LogP contribution in [0.1, 0.15) is 26.7 Å². The van der Waals surface area contributed by atoms with Gasteiger partial charge in [0.05, 0.1) is 17.3 Å². The minimum Gasteiger partial charge on any atom is -0.457 e. The van der Waals surface area contributed by atoms with Gasteiger partial charge in [-0.05, 0) is 61.4 Å². The molecule has 1 saturated heterocycles. The molecule has 0 aromatic heterocycles. The van der Waals surface area contributed by atoms with Gasteiger partial charge in [-0.1, -0.05) is 13.8 Å². The lowest BCUT2D eigenvalue weighted by molar-refractivity contribution is -0.274. The Kier molecular flexibility index (Phi) is 8.49. The van der Waals surface area contributed by atoms with Gasteiger partial charge >= 0.3 is 6.36 Å². The van der Waals surface area contributed by atoms with Gasteiger partial charge in [-0.2, -0.15) is 0 Å². The number of hydrogen-bond acceptors (Lipinski definition) is 8. The van der Waals surface area contributed by atoms with Crippen molar-refractivity contribution in [3.05, 3.63) is 48.5 Å². The fraction of sp³-hybridized carbons (Fsp3) is 0.435. The van der Waals surface area contributed by atoms with Crippen molar-refractivity contribution >= 4 is 16.2 Å². The Morgan fingerprint density at radius 3 is 2.08 bits per heavy atom. The third-order valence-electron chi connectivity index (χ3n) is 5.70. The van der Waals surface area contributed by atoms with Crippen molar-refractivity contribution in [3.8, 4) is 17.2 Å². The number of rotatable bonds is 11. The predicted octanol–water partition coefficient (Wildman–Crippen LogP) is 4.30. The van der Waals surface area contributed by atoms with E-state index in [0.717, 1.165) is 12.1 Å². The first-order valence-corrected chi connectivity index (χ1v) is 12.7. The molecule has 2 aromatic carbocycles. The lowest BCUT2D eigenvalue weighted by Gasteiger charge is -2.29. The van der Waals surface area contributed by atoms with Crippen LogP contribution in [0.3, 0.4) is 0 Å². The zero-order valence-electron chi connectivity index (χ0n) is 19.5. The van der Waals surface area contributed by atoms with Gasteiger partial charge in [0.2, 0.25) is 6.41 Å². The van der Waals surface area contributed by atoms with Crippen molar-refractivity contribution < 1.29 is 50.5 Å². The number of benzene rings is 2. The van der Waals surface area contributed by atoms with Gasteiger partial charge in [0.1, 0.15) is 29.4 Å². The van der Waals surface area contributed by atoms with Crippen LogP contribution in [-0.4, -0.2) is 61.8 Å². The van der Waals surface area contributed by atoms with E-state index in [-0.39, 0.29) is 34.5 Å². The Hall–Kier alpha value is -2.87. The second-order valence-electron chi connectivity index (χ2n) is 8.01. The van der Waals surface area contributed by atoms with Gasteiger partial charge in [-0.3, -0.25) is 10.0 Å². The zero-order chi connectivity index (χ0) is 26.6. The molecule has 3 rings (SSSR count). The third-order valence-corrected chi connectivity index (χ3v) is 7.47. The Morgan fingerprint density at radius 1 is 1.08 bits per heavy atom. The van der Waals surface area contributed by atoms with Crippen molar-refractivity contribution in [1.29, 1.82) is 0 Å². The minimum absolute atomic E-state index is 0.00629. The molecule has 1 heterocycles. The van der Waals surface area contributed by atoms with Gasteiger partial charge in [-0.25, -0.2) is 13.5 Å². The fourth-order valence-electron chi connectivity index (χ4n) is 3.70. The van der Waals surface area contributed by atoms with Crippen LogP contribution >= 0.6 is 0 Å². The largest absolute Gasteiger partial charge is 0.573 e. The highest BCUT2D eigenvalue weighted by molar-refractivity contribution is 7.91. The molecule has 198 valence electrons. The maximum Gasteiger partial charge on any atom is 0.573 e. The van der Waals surface area contributed by atoms with Crippen molar-refractivity contribution in [3.63, 3.8) is 0 Å². The highest BCUT2D eigenvalue weighted by Gasteiger charge is 2.45. The lowest BCUT2D eigenvalue weighted by atomic mass is 10.1. The highest BCUT2D eigenvalue weighted by Crippen LogP contribution is 2.33. The molecule has 0 bridgehead atoms. The summed E-state index contributed by atoms with van der Waals surface area (Å²) in [6, 6.07) is 8.77. The second-order valence-corrected chi connectivity index (χ2v) is 10.0. The molecule has 0 spiro atoms. The Bertz CT molecular complexity index is 1120. The molecule has 2 atom stereocenters. The maximum atomic E-state index is 13.0. The van der Waals surface area contributed by atoms with E-state index in [9.17, 15) is 31.6 Å². The summed E-state index contributed by atoms with van der Waals surface area (Å²) in [5, 5.41) is 10.3. The van der Waals surface area contributed by atoms with Gasteiger partial charge in [-0.15, -0.1) is 13.2 Å². The number of carbonyl (C=O) groups is 1. The predicted molar refractivity (Wildman–Crippen MR) is 119 cm³/mol. The van der Waals surface area contributed by atoms with E-state index in [0.29, 0.717) is 12.8 Å². The van der Waals surface area contributed by atoms with Crippen LogP contribution in [0.15, 0.2) is 53.4 Å². The van der Waals surface area contributed by atoms with Gasteiger partial charge < -0.3 is 18.9 Å². The molecule has 1 aliphatic rings. The third kappa shape index (κ3) is 6.87. The standard InChI is InChI=1S/C23H26F3NO8S/c1-3-22(4-2)32-13-21(35-22)20(27(29)15-28)14-36(30,31)19-11-9-17(10-12-19)33-16-5-7-18(8-6-16)34-23(24,25)26/h5-12,15,20-21,29H,3-4,13-14H2,1-2H3. The van der Waals surface area contributed by atoms with Crippen LogP contribution in [0.5, 0.6) is 17.2 Å². The van der Waals surface area contributed by atoms with Crippen molar-refractivity contribution in [2.24, 2.45) is 0 Å². The van der Waals surface area contributed by atoms with Crippen LogP contribution in [-0.2, 0) is 24.1 Å². The Balaban J connectivity index is 1.70. The van der Waals surface area contributed by atoms with E-state index in [2.05, 4.69) is 4.74 Å². The van der Waals surface area contributed by atoms with Crippen LogP contribution in [0.25, 0.3) is 0 Å². The molecule has 1 fully saturated rings. The van der Waals surface area contributed by atoms with Crippen molar-refractivity contribution in [1.82, 2.24) is 5.06 Å². The molecular formula is C23H26F3NO8S. The number of ether oxygens (including phenoxy) is 4. The van der Waals surface area contributed by atoms with Crippen molar-refractivity contribution in [2.75, 3.05) is 12.4 Å². The second kappa shape index (κ2) is 11.0. The number of carbonyl (C=O) groups excluding carboxylic acids is 1. The molecule has 1 aliphatic heterocycles. The molecule has 0 radical (unpaired) electrons. The Labute approximate surface area is 206 Å². The van der Waals surface area contributed by atoms with Crippen LogP contribution in [0.4, 0.5) is 13.2 Å². The molecule has 1 N–H and O–H groups in total. The summed E-state index contributed by atoms with van der Waals surface area (Å²) in [5.41, 5.74) is 0. The molecule has 2 aromatic rings. The van der Waals surface area contributed by atoms with Crippen LogP contribution in [0, 0.1) is 0 Å². The number of hydroxylamine groups is 2. The zero-order valence-corrected chi connectivity index (χ0v) is 20.3. The number of halogens is 3. The summed E-state index contributed by atoms with van der Waals surface area (Å²) in [4.78, 5) is 11.1. The van der Waals surface area contributed by atoms with Crippen LogP contribution < -0.4 is 9.47 Å². The number of hydrogen-bond donors (Lipinski definition) is 1. The quantitative estimate of drug-likeness (QED) is 0.259. The minimum atomic E-state index is -4.81. The lowest BCUT2D eigenvalue weighted by Crippen LogP contribution is -2.47. The molecule has 0 aliphatic carbocycles. The summed E-state index contributed by atoms with van der Waals surface area (Å²) >= 11 is 0. The van der Waals surface area contributed by atoms with E-state index in [1.807, 2.05) is 13.8 Å². The number of sulfone groups is 1. The molecular weight excluding hydrogens is 507 g/mol. The smallest absolute Gasteiger partial charge is 0.457 e. The first-order chi connectivity index (χ1) is 16.9. The molecule has 13 heteroatoms. The first kappa shape index (κ1) is 27.7. The van der Waals surface area contributed by atoms with E-state index >= 15 is 0 Å². The van der Waals surface area contributed by atoms with Gasteiger partial charge in [0.15, 0.2) is 15.6 Å². The monoisotopic (exact) mass is 533 g/mol. The summed E-state index contributed by atoms with van der Waals surface area (Å²) in [6.07, 6.45) is -4.55. The van der Waals surface area contributed by atoms with E-state index in [1.54, 1.807) is 0 Å². The van der Waals surface area contributed by atoms with Gasteiger partial charge in [0.25, 0.3) is 0 Å². The molecule has 9 nitrogen and oxygen atoms in total. The van der Waals surface area contributed by atoms with E-state index < -0.39 is 45.6 Å². The number of alkyl halides is 3. The van der Waals surface area contributed by atoms with Crippen LogP contribution in [0.2, 0.25) is 0 Å². The summed E-state index contributed by atoms with van der Waals surface area (Å²) in [6.45, 7) is 3.71. The first-order valence-electron chi connectivity index (χ1n) is 11.0. The maximum absolute atomic E-state index is 13.0. The highest BCUT2D eigenvalue weighted by atomic mass is 32.2. The summed E-state index contributed by atoms with van der Waals surface area (Å²) < 4.78 is 83.8. The normalized spacial score (nSPS) is 18.4.